The minimum Gasteiger partial charge on any atom is -0.325 e. The number of hydrogen-bond donors (Lipinski definition) is 1. The van der Waals surface area contributed by atoms with Gasteiger partial charge >= 0.3 is 6.03 Å². The van der Waals surface area contributed by atoms with Crippen molar-refractivity contribution in [3.05, 3.63) is 65.7 Å². The molecular weight excluding hydrogens is 391 g/mol. The molecule has 2 aliphatic carbocycles. The third kappa shape index (κ3) is 3.87. The topological polar surface area (TPSA) is 58.1 Å². The Bertz CT molecular complexity index is 1100. The van der Waals surface area contributed by atoms with Crippen molar-refractivity contribution in [2.45, 2.75) is 44.6 Å². The Morgan fingerprint density at radius 3 is 2.55 bits per heavy atom. The van der Waals surface area contributed by atoms with Crippen molar-refractivity contribution in [3.8, 4) is 0 Å². The van der Waals surface area contributed by atoms with Crippen LogP contribution >= 0.6 is 0 Å². The quantitative estimate of drug-likeness (QED) is 0.610. The number of pyridine rings is 2. The molecular formula is C25H27FN4O. The van der Waals surface area contributed by atoms with Gasteiger partial charge in [-0.3, -0.25) is 10.3 Å². The smallest absolute Gasteiger partial charge is 0.322 e. The van der Waals surface area contributed by atoms with Crippen LogP contribution in [0.4, 0.5) is 15.0 Å². The summed E-state index contributed by atoms with van der Waals surface area (Å²) >= 11 is 0. The summed E-state index contributed by atoms with van der Waals surface area (Å²) in [5.41, 5.74) is 3.14. The lowest BCUT2D eigenvalue weighted by Crippen LogP contribution is -2.39. The Balaban J connectivity index is 1.24. The molecule has 5 rings (SSSR count). The first kappa shape index (κ1) is 19.9. The van der Waals surface area contributed by atoms with Crippen molar-refractivity contribution in [1.29, 1.82) is 0 Å². The van der Waals surface area contributed by atoms with Crippen LogP contribution in [0.2, 0.25) is 0 Å². The monoisotopic (exact) mass is 418 g/mol. The Morgan fingerprint density at radius 2 is 1.84 bits per heavy atom. The van der Waals surface area contributed by atoms with Crippen molar-refractivity contribution in [1.82, 2.24) is 14.9 Å². The highest BCUT2D eigenvalue weighted by molar-refractivity contribution is 5.88. The number of carbonyl (C=O) groups excluding carboxylic acids is 1. The second-order valence-electron chi connectivity index (χ2n) is 9.14. The molecule has 2 aromatic heterocycles. The average molecular weight is 419 g/mol. The lowest BCUT2D eigenvalue weighted by molar-refractivity contribution is 0.201. The highest BCUT2D eigenvalue weighted by Crippen LogP contribution is 2.52. The predicted molar refractivity (Wildman–Crippen MR) is 119 cm³/mol. The number of nitrogens with zero attached hydrogens (tertiary/aromatic N) is 3. The van der Waals surface area contributed by atoms with Crippen LogP contribution in [-0.4, -0.2) is 34.0 Å². The summed E-state index contributed by atoms with van der Waals surface area (Å²) in [6, 6.07) is 10.8. The van der Waals surface area contributed by atoms with Gasteiger partial charge < -0.3 is 4.90 Å². The van der Waals surface area contributed by atoms with Crippen molar-refractivity contribution in [3.63, 3.8) is 0 Å². The number of rotatable bonds is 3. The molecule has 2 unspecified atom stereocenters. The fourth-order valence-corrected chi connectivity index (χ4v) is 5.56. The first-order chi connectivity index (χ1) is 15.0. The minimum absolute atomic E-state index is 0.103. The van der Waals surface area contributed by atoms with Crippen LogP contribution in [0.3, 0.4) is 0 Å². The second kappa shape index (κ2) is 7.91. The number of hydrogen-bond acceptors (Lipinski definition) is 3. The van der Waals surface area contributed by atoms with Gasteiger partial charge in [0.05, 0.1) is 5.52 Å². The van der Waals surface area contributed by atoms with E-state index in [-0.39, 0.29) is 17.9 Å². The number of benzene rings is 1. The number of urea groups is 1. The summed E-state index contributed by atoms with van der Waals surface area (Å²) in [7, 11) is 1.88. The van der Waals surface area contributed by atoms with Gasteiger partial charge in [-0.2, -0.15) is 0 Å². The van der Waals surface area contributed by atoms with Gasteiger partial charge in [0.25, 0.3) is 0 Å². The van der Waals surface area contributed by atoms with Gasteiger partial charge in [0.15, 0.2) is 0 Å². The van der Waals surface area contributed by atoms with Gasteiger partial charge in [0.2, 0.25) is 0 Å². The standard InChI is InChI=1S/C25H27FN4O/c1-15-3-6-24(28-14-15)29-25(31)30(2)20-11-16-9-18(10-17(16)12-20)21-7-8-27-23-5-4-19(26)13-22(21)23/h3-8,13-14,16-18,20H,9-12H2,1-2H3,(H,28,29,31). The van der Waals surface area contributed by atoms with E-state index in [0.29, 0.717) is 23.6 Å². The van der Waals surface area contributed by atoms with E-state index in [1.165, 1.54) is 11.6 Å². The highest BCUT2D eigenvalue weighted by Gasteiger charge is 2.44. The number of fused-ring (bicyclic) bond motifs is 2. The molecule has 5 nitrogen and oxygen atoms in total. The molecule has 31 heavy (non-hydrogen) atoms. The molecule has 2 amide bonds. The molecule has 0 aliphatic heterocycles. The van der Waals surface area contributed by atoms with Crippen LogP contribution in [0.1, 0.15) is 42.7 Å². The lowest BCUT2D eigenvalue weighted by atomic mass is 9.91. The van der Waals surface area contributed by atoms with Crippen LogP contribution in [0.5, 0.6) is 0 Å². The van der Waals surface area contributed by atoms with Crippen LogP contribution in [0.25, 0.3) is 10.9 Å². The lowest BCUT2D eigenvalue weighted by Gasteiger charge is -2.26. The maximum absolute atomic E-state index is 13.9. The van der Waals surface area contributed by atoms with Gasteiger partial charge in [0.1, 0.15) is 11.6 Å². The van der Waals surface area contributed by atoms with Gasteiger partial charge in [-0.15, -0.1) is 0 Å². The van der Waals surface area contributed by atoms with Crippen molar-refractivity contribution in [2.75, 3.05) is 12.4 Å². The number of nitrogens with one attached hydrogen (secondary N) is 1. The molecule has 0 radical (unpaired) electrons. The maximum Gasteiger partial charge on any atom is 0.322 e. The zero-order valence-electron chi connectivity index (χ0n) is 17.9. The molecule has 0 bridgehead atoms. The second-order valence-corrected chi connectivity index (χ2v) is 9.14. The number of amides is 2. The SMILES string of the molecule is Cc1ccc(NC(=O)N(C)C2CC3CC(c4ccnc5ccc(F)cc45)CC3C2)nc1. The molecule has 2 atom stereocenters. The summed E-state index contributed by atoms with van der Waals surface area (Å²) < 4.78 is 13.9. The summed E-state index contributed by atoms with van der Waals surface area (Å²) in [6.45, 7) is 1.97. The Kier molecular flexibility index (Phi) is 5.08. The van der Waals surface area contributed by atoms with Crippen molar-refractivity contribution in [2.24, 2.45) is 11.8 Å². The van der Waals surface area contributed by atoms with Gasteiger partial charge in [-0.25, -0.2) is 14.2 Å². The molecule has 0 saturated heterocycles. The van der Waals surface area contributed by atoms with Gasteiger partial charge in [-0.05, 0) is 91.8 Å². The van der Waals surface area contributed by atoms with Gasteiger partial charge in [0, 0.05) is 30.9 Å². The van der Waals surface area contributed by atoms with E-state index >= 15 is 0 Å². The van der Waals surface area contributed by atoms with E-state index in [1.54, 1.807) is 18.3 Å². The van der Waals surface area contributed by atoms with Crippen molar-refractivity contribution < 1.29 is 9.18 Å². The van der Waals surface area contributed by atoms with E-state index in [2.05, 4.69) is 21.4 Å². The Morgan fingerprint density at radius 1 is 1.06 bits per heavy atom. The molecule has 6 heteroatoms. The minimum atomic E-state index is -0.212. The third-order valence-corrected chi connectivity index (χ3v) is 7.18. The number of carbonyl (C=O) groups is 1. The van der Waals surface area contributed by atoms with Crippen LogP contribution < -0.4 is 5.32 Å². The zero-order valence-corrected chi connectivity index (χ0v) is 17.9. The van der Waals surface area contributed by atoms with Crippen LogP contribution in [-0.2, 0) is 0 Å². The van der Waals surface area contributed by atoms with E-state index in [9.17, 15) is 9.18 Å². The van der Waals surface area contributed by atoms with E-state index in [0.717, 1.165) is 42.1 Å². The molecule has 160 valence electrons. The fraction of sp³-hybridized carbons (Fsp3) is 0.400. The van der Waals surface area contributed by atoms with Crippen LogP contribution in [0.15, 0.2) is 48.8 Å². The molecule has 0 spiro atoms. The first-order valence-corrected chi connectivity index (χ1v) is 11.0. The maximum atomic E-state index is 13.9. The fourth-order valence-electron chi connectivity index (χ4n) is 5.56. The molecule has 2 fully saturated rings. The first-order valence-electron chi connectivity index (χ1n) is 11.0. The summed E-state index contributed by atoms with van der Waals surface area (Å²) in [5, 5.41) is 3.84. The zero-order chi connectivity index (χ0) is 21.5. The number of anilines is 1. The van der Waals surface area contributed by atoms with E-state index < -0.39 is 0 Å². The number of halogens is 1. The third-order valence-electron chi connectivity index (χ3n) is 7.18. The Hall–Kier alpha value is -3.02. The molecule has 2 aliphatic rings. The van der Waals surface area contributed by atoms with Crippen LogP contribution in [0, 0.1) is 24.6 Å². The van der Waals surface area contributed by atoms with Crippen molar-refractivity contribution >= 4 is 22.8 Å². The average Bonchev–Trinajstić information content (AvgIpc) is 3.33. The largest absolute Gasteiger partial charge is 0.325 e. The summed E-state index contributed by atoms with van der Waals surface area (Å²) in [6.07, 6.45) is 7.80. The highest BCUT2D eigenvalue weighted by atomic mass is 19.1. The van der Waals surface area contributed by atoms with E-state index in [4.69, 9.17) is 0 Å². The normalized spacial score (nSPS) is 24.9. The molecule has 2 heterocycles. The summed E-state index contributed by atoms with van der Waals surface area (Å²) in [4.78, 5) is 23.2. The molecule has 1 N–H and O–H groups in total. The predicted octanol–water partition coefficient (Wildman–Crippen LogP) is 5.51. The van der Waals surface area contributed by atoms with Gasteiger partial charge in [-0.1, -0.05) is 6.07 Å². The molecule has 1 aromatic carbocycles. The molecule has 3 aromatic rings. The number of aromatic nitrogens is 2. The summed E-state index contributed by atoms with van der Waals surface area (Å²) in [5.74, 6) is 1.99. The van der Waals surface area contributed by atoms with E-state index in [1.807, 2.05) is 37.2 Å². The molecule has 2 saturated carbocycles. The number of aryl methyl sites for hydroxylation is 1. The Labute approximate surface area is 181 Å².